The molecular formula is C10H11F4N3O. The van der Waals surface area contributed by atoms with Gasteiger partial charge in [0.2, 0.25) is 0 Å². The maximum Gasteiger partial charge on any atom is 0.418 e. The van der Waals surface area contributed by atoms with Crippen LogP contribution in [0.3, 0.4) is 0 Å². The number of β-amino-alcohol motifs (C(OH)–C–C–N with tert-alkyl or cyclic N) is 1. The fraction of sp³-hybridized carbons (Fsp3) is 0.600. The second-order valence-corrected chi connectivity index (χ2v) is 4.30. The van der Waals surface area contributed by atoms with Crippen LogP contribution in [0, 0.1) is 12.7 Å². The van der Waals surface area contributed by atoms with E-state index in [1.807, 2.05) is 0 Å². The third-order valence-corrected chi connectivity index (χ3v) is 3.02. The number of nitrogens with zero attached hydrogens (tertiary/aromatic N) is 3. The molecule has 0 amide bonds. The molecule has 1 aliphatic heterocycles. The predicted molar refractivity (Wildman–Crippen MR) is 54.6 cm³/mol. The summed E-state index contributed by atoms with van der Waals surface area (Å²) in [6.45, 7) is 0.569. The molecule has 0 aliphatic carbocycles. The van der Waals surface area contributed by atoms with E-state index in [1.165, 1.54) is 6.92 Å². The van der Waals surface area contributed by atoms with Crippen molar-refractivity contribution in [1.82, 2.24) is 9.97 Å². The van der Waals surface area contributed by atoms with Crippen LogP contribution in [-0.2, 0) is 0 Å². The molecule has 4 nitrogen and oxygen atoms in total. The van der Waals surface area contributed by atoms with Gasteiger partial charge in [0, 0.05) is 13.0 Å². The first kappa shape index (κ1) is 13.0. The largest absolute Gasteiger partial charge is 0.418 e. The van der Waals surface area contributed by atoms with Gasteiger partial charge in [0.05, 0.1) is 12.2 Å². The van der Waals surface area contributed by atoms with Gasteiger partial charge < -0.3 is 10.0 Å². The Hall–Kier alpha value is -1.44. The average Bonchev–Trinajstić information content (AvgIpc) is 2.66. The molecular weight excluding hydrogens is 254 g/mol. The van der Waals surface area contributed by atoms with Gasteiger partial charge in [-0.25, -0.2) is 14.4 Å². The van der Waals surface area contributed by atoms with Crippen molar-refractivity contribution in [3.05, 3.63) is 17.8 Å². The summed E-state index contributed by atoms with van der Waals surface area (Å²) in [5, 5.41) is 9.49. The number of hydrogen-bond acceptors (Lipinski definition) is 4. The smallest absolute Gasteiger partial charge is 0.379 e. The Labute approximate surface area is 100 Å². The lowest BCUT2D eigenvalue weighted by molar-refractivity contribution is -0.250. The van der Waals surface area contributed by atoms with E-state index in [4.69, 9.17) is 0 Å². The summed E-state index contributed by atoms with van der Waals surface area (Å²) in [7, 11) is 0. The van der Waals surface area contributed by atoms with E-state index >= 15 is 0 Å². The molecule has 0 aromatic carbocycles. The summed E-state index contributed by atoms with van der Waals surface area (Å²) in [4.78, 5) is 8.31. The molecule has 1 fully saturated rings. The molecule has 0 saturated carbocycles. The average molecular weight is 265 g/mol. The number of anilines is 1. The second-order valence-electron chi connectivity index (χ2n) is 4.30. The highest BCUT2D eigenvalue weighted by Gasteiger charge is 2.57. The summed E-state index contributed by atoms with van der Waals surface area (Å²) < 4.78 is 51.5. The van der Waals surface area contributed by atoms with Crippen LogP contribution in [0.5, 0.6) is 0 Å². The fourth-order valence-electron chi connectivity index (χ4n) is 1.87. The van der Waals surface area contributed by atoms with Crippen molar-refractivity contribution in [2.45, 2.75) is 25.1 Å². The first-order valence-electron chi connectivity index (χ1n) is 5.26. The number of rotatable bonds is 1. The molecule has 2 rings (SSSR count). The van der Waals surface area contributed by atoms with E-state index in [0.717, 1.165) is 11.2 Å². The minimum Gasteiger partial charge on any atom is -0.379 e. The lowest BCUT2D eigenvalue weighted by Crippen LogP contribution is -2.47. The summed E-state index contributed by atoms with van der Waals surface area (Å²) in [6, 6.07) is 0. The number of aryl methyl sites for hydroxylation is 1. The molecule has 2 heterocycles. The molecule has 0 spiro atoms. The number of alkyl halides is 3. The zero-order valence-electron chi connectivity index (χ0n) is 9.50. The van der Waals surface area contributed by atoms with E-state index < -0.39 is 30.6 Å². The summed E-state index contributed by atoms with van der Waals surface area (Å²) in [5.74, 6) is -0.966. The van der Waals surface area contributed by atoms with Gasteiger partial charge in [0.1, 0.15) is 6.33 Å². The van der Waals surface area contributed by atoms with Crippen molar-refractivity contribution >= 4 is 5.82 Å². The van der Waals surface area contributed by atoms with Crippen LogP contribution in [0.1, 0.15) is 12.1 Å². The highest BCUT2D eigenvalue weighted by atomic mass is 19.4. The van der Waals surface area contributed by atoms with Crippen molar-refractivity contribution in [2.75, 3.05) is 18.0 Å². The monoisotopic (exact) mass is 265 g/mol. The third-order valence-electron chi connectivity index (χ3n) is 3.02. The third kappa shape index (κ3) is 2.00. The van der Waals surface area contributed by atoms with Crippen molar-refractivity contribution in [2.24, 2.45) is 0 Å². The van der Waals surface area contributed by atoms with Crippen LogP contribution in [0.4, 0.5) is 23.4 Å². The van der Waals surface area contributed by atoms with E-state index in [0.29, 0.717) is 0 Å². The van der Waals surface area contributed by atoms with Crippen molar-refractivity contribution < 1.29 is 22.7 Å². The van der Waals surface area contributed by atoms with Crippen LogP contribution in [0.15, 0.2) is 6.33 Å². The van der Waals surface area contributed by atoms with Crippen LogP contribution in [0.2, 0.25) is 0 Å². The van der Waals surface area contributed by atoms with Crippen molar-refractivity contribution in [1.29, 1.82) is 0 Å². The Morgan fingerprint density at radius 3 is 2.61 bits per heavy atom. The second kappa shape index (κ2) is 4.04. The lowest BCUT2D eigenvalue weighted by atomic mass is 10.0. The van der Waals surface area contributed by atoms with Crippen LogP contribution < -0.4 is 4.90 Å². The Balaban J connectivity index is 2.26. The number of aliphatic hydroxyl groups is 1. The van der Waals surface area contributed by atoms with Gasteiger partial charge >= 0.3 is 6.18 Å². The normalized spacial score (nSPS) is 24.7. The van der Waals surface area contributed by atoms with Crippen LogP contribution in [-0.4, -0.2) is 39.9 Å². The highest BCUT2D eigenvalue weighted by Crippen LogP contribution is 2.39. The topological polar surface area (TPSA) is 49.2 Å². The van der Waals surface area contributed by atoms with E-state index in [9.17, 15) is 22.7 Å². The molecule has 8 heteroatoms. The first-order valence-corrected chi connectivity index (χ1v) is 5.26. The maximum absolute atomic E-state index is 13.7. The van der Waals surface area contributed by atoms with Gasteiger partial charge in [-0.3, -0.25) is 0 Å². The molecule has 1 saturated heterocycles. The molecule has 1 aromatic heterocycles. The van der Waals surface area contributed by atoms with Gasteiger partial charge in [-0.05, 0) is 6.92 Å². The van der Waals surface area contributed by atoms with Crippen molar-refractivity contribution in [3.63, 3.8) is 0 Å². The summed E-state index contributed by atoms with van der Waals surface area (Å²) in [5.41, 5.74) is -2.75. The molecule has 0 radical (unpaired) electrons. The summed E-state index contributed by atoms with van der Waals surface area (Å²) in [6.07, 6.45) is -4.15. The van der Waals surface area contributed by atoms with Gasteiger partial charge in [-0.2, -0.15) is 13.2 Å². The van der Waals surface area contributed by atoms with Crippen molar-refractivity contribution in [3.8, 4) is 0 Å². The number of hydrogen-bond donors (Lipinski definition) is 1. The number of halogens is 4. The zero-order valence-corrected chi connectivity index (χ0v) is 9.50. The lowest BCUT2D eigenvalue weighted by Gasteiger charge is -2.26. The molecule has 1 unspecified atom stereocenters. The molecule has 1 aromatic rings. The zero-order chi connectivity index (χ0) is 13.6. The quantitative estimate of drug-likeness (QED) is 0.780. The summed E-state index contributed by atoms with van der Waals surface area (Å²) >= 11 is 0. The fourth-order valence-corrected chi connectivity index (χ4v) is 1.87. The minimum absolute atomic E-state index is 0.0578. The van der Waals surface area contributed by atoms with Gasteiger partial charge in [-0.1, -0.05) is 0 Å². The van der Waals surface area contributed by atoms with Gasteiger partial charge in [-0.15, -0.1) is 0 Å². The Morgan fingerprint density at radius 2 is 2.06 bits per heavy atom. The molecule has 100 valence electrons. The SMILES string of the molecule is Cc1ncnc(N2CCC(O)(C(F)(F)F)C2)c1F. The Kier molecular flexibility index (Phi) is 2.92. The van der Waals surface area contributed by atoms with Crippen LogP contribution >= 0.6 is 0 Å². The minimum atomic E-state index is -4.74. The predicted octanol–water partition coefficient (Wildman–Crippen LogP) is 1.43. The molecule has 1 aliphatic rings. The Bertz CT molecular complexity index is 465. The van der Waals surface area contributed by atoms with E-state index in [1.54, 1.807) is 0 Å². The molecule has 1 N–H and O–H groups in total. The number of aromatic nitrogens is 2. The van der Waals surface area contributed by atoms with E-state index in [-0.39, 0.29) is 18.1 Å². The van der Waals surface area contributed by atoms with Gasteiger partial charge in [0.25, 0.3) is 0 Å². The first-order chi connectivity index (χ1) is 8.24. The molecule has 1 atom stereocenters. The van der Waals surface area contributed by atoms with Gasteiger partial charge in [0.15, 0.2) is 17.2 Å². The highest BCUT2D eigenvalue weighted by molar-refractivity contribution is 5.43. The Morgan fingerprint density at radius 1 is 1.39 bits per heavy atom. The molecule has 0 bridgehead atoms. The standard InChI is InChI=1S/C10H11F4N3O/c1-6-7(11)8(16-5-15-6)17-3-2-9(18,4-17)10(12,13)14/h5,18H,2-4H2,1H3. The molecule has 18 heavy (non-hydrogen) atoms. The maximum atomic E-state index is 13.7. The van der Waals surface area contributed by atoms with Crippen LogP contribution in [0.25, 0.3) is 0 Å². The van der Waals surface area contributed by atoms with E-state index in [2.05, 4.69) is 9.97 Å².